The number of nitriles is 1. The lowest BCUT2D eigenvalue weighted by molar-refractivity contribution is 0.00775. The van der Waals surface area contributed by atoms with Gasteiger partial charge >= 0.3 is 6.09 Å². The Balaban J connectivity index is 2.05. The molecule has 2 atom stereocenters. The highest BCUT2D eigenvalue weighted by Gasteiger charge is 2.28. The maximum absolute atomic E-state index is 12.3. The zero-order chi connectivity index (χ0) is 20.7. The lowest BCUT2D eigenvalue weighted by Gasteiger charge is -2.34. The molecule has 8 nitrogen and oxygen atoms in total. The predicted molar refractivity (Wildman–Crippen MR) is 107 cm³/mol. The lowest BCUT2D eigenvalue weighted by Crippen LogP contribution is -2.46. The van der Waals surface area contributed by atoms with Gasteiger partial charge < -0.3 is 25.0 Å². The number of hydrogen-bond acceptors (Lipinski definition) is 7. The molecule has 1 amide bonds. The summed E-state index contributed by atoms with van der Waals surface area (Å²) in [5.74, 6) is 1.17. The Kier molecular flexibility index (Phi) is 7.46. The number of nitrogens with zero attached hydrogens (tertiary/aromatic N) is 3. The standard InChI is InChI=1S/C20H31N5O3/c1-14(12-22-5)23-18-10-17(9-15(11-21)24-18)27-16-7-6-8-25(13-16)19(26)28-20(2,3)4/h9-10,14,16,22H,6-8,12-13H2,1-5H3,(H,23,24)/t14-,16?/m0/s1. The van der Waals surface area contributed by atoms with Crippen LogP contribution in [0.5, 0.6) is 5.75 Å². The minimum absolute atomic E-state index is 0.150. The van der Waals surface area contributed by atoms with Crippen LogP contribution in [0.25, 0.3) is 0 Å². The Morgan fingerprint density at radius 3 is 2.86 bits per heavy atom. The Morgan fingerprint density at radius 2 is 2.21 bits per heavy atom. The summed E-state index contributed by atoms with van der Waals surface area (Å²) in [6.45, 7) is 9.47. The van der Waals surface area contributed by atoms with Gasteiger partial charge in [-0.3, -0.25) is 0 Å². The quantitative estimate of drug-likeness (QED) is 0.772. The van der Waals surface area contributed by atoms with Crippen molar-refractivity contribution < 1.29 is 14.3 Å². The molecule has 2 heterocycles. The summed E-state index contributed by atoms with van der Waals surface area (Å²) in [6, 6.07) is 5.64. The van der Waals surface area contributed by atoms with Gasteiger partial charge in [-0.05, 0) is 47.6 Å². The largest absolute Gasteiger partial charge is 0.488 e. The maximum Gasteiger partial charge on any atom is 0.410 e. The number of likely N-dealkylation sites (N-methyl/N-ethyl adjacent to an activating group) is 1. The van der Waals surface area contributed by atoms with Crippen molar-refractivity contribution >= 4 is 11.9 Å². The van der Waals surface area contributed by atoms with Gasteiger partial charge in [0.05, 0.1) is 6.54 Å². The number of carbonyl (C=O) groups excluding carboxylic acids is 1. The molecule has 1 saturated heterocycles. The zero-order valence-corrected chi connectivity index (χ0v) is 17.4. The number of ether oxygens (including phenoxy) is 2. The molecule has 0 bridgehead atoms. The van der Waals surface area contributed by atoms with E-state index in [-0.39, 0.29) is 23.9 Å². The fraction of sp³-hybridized carbons (Fsp3) is 0.650. The van der Waals surface area contributed by atoms with E-state index in [1.165, 1.54) is 0 Å². The first-order chi connectivity index (χ1) is 13.2. The number of amides is 1. The summed E-state index contributed by atoms with van der Waals surface area (Å²) in [5.41, 5.74) is -0.237. The topological polar surface area (TPSA) is 99.5 Å². The molecule has 1 fully saturated rings. The number of likely N-dealkylation sites (tertiary alicyclic amines) is 1. The average molecular weight is 390 g/mol. The minimum atomic E-state index is -0.526. The van der Waals surface area contributed by atoms with Gasteiger partial charge in [-0.15, -0.1) is 0 Å². The molecule has 8 heteroatoms. The van der Waals surface area contributed by atoms with Crippen LogP contribution in [0.2, 0.25) is 0 Å². The molecule has 1 aliphatic rings. The van der Waals surface area contributed by atoms with Gasteiger partial charge in [0.25, 0.3) is 0 Å². The molecule has 0 radical (unpaired) electrons. The third kappa shape index (κ3) is 6.89. The van der Waals surface area contributed by atoms with E-state index < -0.39 is 5.60 Å². The van der Waals surface area contributed by atoms with Gasteiger partial charge in [-0.1, -0.05) is 0 Å². The summed E-state index contributed by atoms with van der Waals surface area (Å²) >= 11 is 0. The fourth-order valence-corrected chi connectivity index (χ4v) is 3.03. The van der Waals surface area contributed by atoms with Crippen LogP contribution in [-0.2, 0) is 4.74 Å². The van der Waals surface area contributed by atoms with Crippen LogP contribution in [0.4, 0.5) is 10.6 Å². The van der Waals surface area contributed by atoms with Crippen LogP contribution in [-0.4, -0.2) is 60.4 Å². The van der Waals surface area contributed by atoms with Crippen molar-refractivity contribution in [3.63, 3.8) is 0 Å². The number of nitrogens with one attached hydrogen (secondary N) is 2. The number of carbonyl (C=O) groups is 1. The van der Waals surface area contributed by atoms with Gasteiger partial charge in [-0.25, -0.2) is 9.78 Å². The van der Waals surface area contributed by atoms with Gasteiger partial charge in [0.2, 0.25) is 0 Å². The van der Waals surface area contributed by atoms with Crippen LogP contribution in [0.3, 0.4) is 0 Å². The highest BCUT2D eigenvalue weighted by Crippen LogP contribution is 2.23. The molecular formula is C20H31N5O3. The molecule has 1 unspecified atom stereocenters. The van der Waals surface area contributed by atoms with Crippen LogP contribution in [0, 0.1) is 11.3 Å². The van der Waals surface area contributed by atoms with Gasteiger partial charge in [0, 0.05) is 31.3 Å². The van der Waals surface area contributed by atoms with Crippen molar-refractivity contribution in [2.45, 2.75) is 58.3 Å². The first kappa shape index (κ1) is 21.8. The van der Waals surface area contributed by atoms with Gasteiger partial charge in [0.1, 0.15) is 35.0 Å². The zero-order valence-electron chi connectivity index (χ0n) is 17.4. The SMILES string of the molecule is CNC[C@H](C)Nc1cc(OC2CCCN(C(=O)OC(C)(C)C)C2)cc(C#N)n1. The number of rotatable bonds is 6. The molecule has 0 aromatic carbocycles. The maximum atomic E-state index is 12.3. The Labute approximate surface area is 167 Å². The van der Waals surface area contributed by atoms with Crippen LogP contribution >= 0.6 is 0 Å². The van der Waals surface area contributed by atoms with Crippen molar-refractivity contribution in [2.24, 2.45) is 0 Å². The number of piperidine rings is 1. The van der Waals surface area contributed by atoms with E-state index in [0.717, 1.165) is 19.4 Å². The molecular weight excluding hydrogens is 358 g/mol. The third-order valence-electron chi connectivity index (χ3n) is 4.15. The van der Waals surface area contributed by atoms with E-state index in [4.69, 9.17) is 9.47 Å². The van der Waals surface area contributed by atoms with Crippen molar-refractivity contribution in [3.8, 4) is 11.8 Å². The molecule has 0 saturated carbocycles. The second-order valence-electron chi connectivity index (χ2n) is 8.10. The summed E-state index contributed by atoms with van der Waals surface area (Å²) in [5, 5.41) is 15.6. The molecule has 1 aromatic rings. The Hall–Kier alpha value is -2.53. The van der Waals surface area contributed by atoms with Crippen LogP contribution in [0.1, 0.15) is 46.2 Å². The molecule has 2 rings (SSSR count). The summed E-state index contributed by atoms with van der Waals surface area (Å²) in [7, 11) is 1.88. The highest BCUT2D eigenvalue weighted by atomic mass is 16.6. The van der Waals surface area contributed by atoms with E-state index in [0.29, 0.717) is 24.7 Å². The van der Waals surface area contributed by atoms with E-state index in [1.54, 1.807) is 17.0 Å². The van der Waals surface area contributed by atoms with E-state index in [9.17, 15) is 10.1 Å². The molecule has 0 spiro atoms. The highest BCUT2D eigenvalue weighted by molar-refractivity contribution is 5.68. The number of pyridine rings is 1. The van der Waals surface area contributed by atoms with Crippen molar-refractivity contribution in [3.05, 3.63) is 17.8 Å². The first-order valence-electron chi connectivity index (χ1n) is 9.68. The van der Waals surface area contributed by atoms with Gasteiger partial charge in [0.15, 0.2) is 0 Å². The molecule has 1 aromatic heterocycles. The third-order valence-corrected chi connectivity index (χ3v) is 4.15. The molecule has 2 N–H and O–H groups in total. The smallest absolute Gasteiger partial charge is 0.410 e. The molecule has 0 aliphatic carbocycles. The molecule has 154 valence electrons. The Bertz CT molecular complexity index is 711. The Morgan fingerprint density at radius 1 is 1.46 bits per heavy atom. The molecule has 28 heavy (non-hydrogen) atoms. The van der Waals surface area contributed by atoms with Crippen molar-refractivity contribution in [1.82, 2.24) is 15.2 Å². The molecule has 1 aliphatic heterocycles. The van der Waals surface area contributed by atoms with E-state index >= 15 is 0 Å². The summed E-state index contributed by atoms with van der Waals surface area (Å²) in [6.07, 6.45) is 1.20. The van der Waals surface area contributed by atoms with Crippen molar-refractivity contribution in [2.75, 3.05) is 32.0 Å². The number of hydrogen-bond donors (Lipinski definition) is 2. The van der Waals surface area contributed by atoms with E-state index in [1.807, 2.05) is 34.7 Å². The van der Waals surface area contributed by atoms with E-state index in [2.05, 4.69) is 21.7 Å². The second kappa shape index (κ2) is 9.60. The fourth-order valence-electron chi connectivity index (χ4n) is 3.03. The van der Waals surface area contributed by atoms with Crippen LogP contribution in [0.15, 0.2) is 12.1 Å². The van der Waals surface area contributed by atoms with Gasteiger partial charge in [-0.2, -0.15) is 5.26 Å². The minimum Gasteiger partial charge on any atom is -0.488 e. The lowest BCUT2D eigenvalue weighted by atomic mass is 10.1. The van der Waals surface area contributed by atoms with Crippen LogP contribution < -0.4 is 15.4 Å². The average Bonchev–Trinajstić information content (AvgIpc) is 2.60. The summed E-state index contributed by atoms with van der Waals surface area (Å²) < 4.78 is 11.6. The van der Waals surface area contributed by atoms with Crippen molar-refractivity contribution in [1.29, 1.82) is 5.26 Å². The second-order valence-corrected chi connectivity index (χ2v) is 8.10. The number of anilines is 1. The monoisotopic (exact) mass is 389 g/mol. The number of aromatic nitrogens is 1. The normalized spacial score (nSPS) is 18.1. The summed E-state index contributed by atoms with van der Waals surface area (Å²) in [4.78, 5) is 18.3. The predicted octanol–water partition coefficient (Wildman–Crippen LogP) is 2.75. The first-order valence-corrected chi connectivity index (χ1v) is 9.68.